The van der Waals surface area contributed by atoms with Crippen molar-refractivity contribution in [2.45, 2.75) is 39.3 Å². The summed E-state index contributed by atoms with van der Waals surface area (Å²) in [6.45, 7) is 6.25. The molecule has 1 atom stereocenters. The van der Waals surface area contributed by atoms with Gasteiger partial charge in [-0.2, -0.15) is 5.10 Å². The van der Waals surface area contributed by atoms with E-state index in [9.17, 15) is 0 Å². The highest BCUT2D eigenvalue weighted by atomic mass is 79.9. The Kier molecular flexibility index (Phi) is 4.91. The van der Waals surface area contributed by atoms with Gasteiger partial charge in [0.05, 0.1) is 6.04 Å². The Morgan fingerprint density at radius 3 is 2.70 bits per heavy atom. The fraction of sp³-hybridized carbons (Fsp3) is 0.429. The van der Waals surface area contributed by atoms with Gasteiger partial charge >= 0.3 is 0 Å². The zero-order valence-electron chi connectivity index (χ0n) is 12.0. The maximum atomic E-state index is 5.72. The summed E-state index contributed by atoms with van der Waals surface area (Å²) in [6, 6.07) is 6.58. The van der Waals surface area contributed by atoms with Crippen LogP contribution in [0.1, 0.15) is 42.9 Å². The lowest BCUT2D eigenvalue weighted by molar-refractivity contribution is 0.468. The first-order valence-electron chi connectivity index (χ1n) is 6.63. The molecule has 0 radical (unpaired) electrons. The number of aryl methyl sites for hydroxylation is 1. The topological polar surface area (TPSA) is 68.8 Å². The lowest BCUT2D eigenvalue weighted by Gasteiger charge is -2.18. The van der Waals surface area contributed by atoms with Gasteiger partial charge in [-0.25, -0.2) is 9.67 Å². The quantitative estimate of drug-likeness (QED) is 0.650. The van der Waals surface area contributed by atoms with Crippen LogP contribution in [0, 0.1) is 6.92 Å². The summed E-state index contributed by atoms with van der Waals surface area (Å²) in [5.74, 6) is 6.66. The van der Waals surface area contributed by atoms with Crippen molar-refractivity contribution in [2.75, 3.05) is 0 Å². The third-order valence-electron chi connectivity index (χ3n) is 3.19. The highest BCUT2D eigenvalue weighted by Crippen LogP contribution is 2.23. The van der Waals surface area contributed by atoms with E-state index >= 15 is 0 Å². The molecule has 1 heterocycles. The average Bonchev–Trinajstić information content (AvgIpc) is 2.82. The molecule has 0 aliphatic carbocycles. The SMILES string of the molecule is Cc1cc(Br)cc(C(Cc2ncnn2C(C)C)NN)c1. The average molecular weight is 338 g/mol. The van der Waals surface area contributed by atoms with Crippen molar-refractivity contribution in [1.29, 1.82) is 0 Å². The van der Waals surface area contributed by atoms with Crippen LogP contribution in [0.15, 0.2) is 29.0 Å². The smallest absolute Gasteiger partial charge is 0.138 e. The van der Waals surface area contributed by atoms with E-state index in [2.05, 4.69) is 70.4 Å². The molecule has 0 amide bonds. The van der Waals surface area contributed by atoms with Crippen molar-refractivity contribution < 1.29 is 0 Å². The van der Waals surface area contributed by atoms with E-state index in [1.54, 1.807) is 6.33 Å². The molecule has 1 unspecified atom stereocenters. The van der Waals surface area contributed by atoms with E-state index in [1.165, 1.54) is 5.56 Å². The van der Waals surface area contributed by atoms with Gasteiger partial charge in [0.1, 0.15) is 12.2 Å². The Labute approximate surface area is 127 Å². The minimum atomic E-state index is 0.00731. The molecule has 20 heavy (non-hydrogen) atoms. The molecule has 1 aromatic carbocycles. The number of aromatic nitrogens is 3. The summed E-state index contributed by atoms with van der Waals surface area (Å²) in [4.78, 5) is 4.34. The fourth-order valence-electron chi connectivity index (χ4n) is 2.27. The summed E-state index contributed by atoms with van der Waals surface area (Å²) in [5, 5.41) is 4.26. The predicted octanol–water partition coefficient (Wildman–Crippen LogP) is 2.68. The molecule has 2 aromatic rings. The normalized spacial score (nSPS) is 12.9. The van der Waals surface area contributed by atoms with Crippen molar-refractivity contribution >= 4 is 15.9 Å². The summed E-state index contributed by atoms with van der Waals surface area (Å²) < 4.78 is 2.98. The van der Waals surface area contributed by atoms with Crippen LogP contribution in [0.2, 0.25) is 0 Å². The molecule has 1 aromatic heterocycles. The zero-order valence-corrected chi connectivity index (χ0v) is 13.6. The third-order valence-corrected chi connectivity index (χ3v) is 3.65. The highest BCUT2D eigenvalue weighted by Gasteiger charge is 2.16. The number of hydrogen-bond acceptors (Lipinski definition) is 4. The molecule has 6 heteroatoms. The van der Waals surface area contributed by atoms with Crippen molar-refractivity contribution in [2.24, 2.45) is 5.84 Å². The molecule has 108 valence electrons. The number of nitrogens with two attached hydrogens (primary N) is 1. The van der Waals surface area contributed by atoms with Crippen LogP contribution in [0.5, 0.6) is 0 Å². The molecule has 0 fully saturated rings. The van der Waals surface area contributed by atoms with Gasteiger partial charge in [-0.15, -0.1) is 0 Å². The van der Waals surface area contributed by atoms with Gasteiger partial charge in [0.2, 0.25) is 0 Å². The number of hydrazine groups is 1. The maximum Gasteiger partial charge on any atom is 0.138 e. The number of nitrogens with zero attached hydrogens (tertiary/aromatic N) is 3. The largest absolute Gasteiger partial charge is 0.271 e. The van der Waals surface area contributed by atoms with E-state index in [4.69, 9.17) is 5.84 Å². The van der Waals surface area contributed by atoms with Crippen LogP contribution in [-0.4, -0.2) is 14.8 Å². The first-order chi connectivity index (χ1) is 9.51. The fourth-order valence-corrected chi connectivity index (χ4v) is 2.90. The highest BCUT2D eigenvalue weighted by molar-refractivity contribution is 9.10. The van der Waals surface area contributed by atoms with Crippen LogP contribution in [0.25, 0.3) is 0 Å². The van der Waals surface area contributed by atoms with Crippen LogP contribution < -0.4 is 11.3 Å². The van der Waals surface area contributed by atoms with Gasteiger partial charge in [0, 0.05) is 16.9 Å². The second kappa shape index (κ2) is 6.47. The Bertz CT molecular complexity index is 558. The lowest BCUT2D eigenvalue weighted by Crippen LogP contribution is -2.30. The molecule has 3 N–H and O–H groups in total. The van der Waals surface area contributed by atoms with Gasteiger partial charge in [-0.1, -0.05) is 22.0 Å². The van der Waals surface area contributed by atoms with E-state index in [-0.39, 0.29) is 12.1 Å². The van der Waals surface area contributed by atoms with Crippen molar-refractivity contribution in [1.82, 2.24) is 20.2 Å². The summed E-state index contributed by atoms with van der Waals surface area (Å²) in [5.41, 5.74) is 5.21. The summed E-state index contributed by atoms with van der Waals surface area (Å²) in [6.07, 6.45) is 2.29. The standard InChI is InChI=1S/C14H20BrN5/c1-9(2)20-14(17-8-18-20)7-13(19-16)11-4-10(3)5-12(15)6-11/h4-6,8-9,13,19H,7,16H2,1-3H3. The van der Waals surface area contributed by atoms with Gasteiger partial charge < -0.3 is 0 Å². The summed E-state index contributed by atoms with van der Waals surface area (Å²) in [7, 11) is 0. The molecule has 0 aliphatic rings. The third kappa shape index (κ3) is 3.45. The molecule has 0 saturated carbocycles. The van der Waals surface area contributed by atoms with Crippen LogP contribution in [0.4, 0.5) is 0 Å². The van der Waals surface area contributed by atoms with Crippen LogP contribution in [0.3, 0.4) is 0 Å². The molecule has 2 rings (SSSR count). The maximum absolute atomic E-state index is 5.72. The Hall–Kier alpha value is -1.24. The number of hydrogen-bond donors (Lipinski definition) is 2. The molecule has 0 aliphatic heterocycles. The first-order valence-corrected chi connectivity index (χ1v) is 7.42. The zero-order chi connectivity index (χ0) is 14.7. The number of benzene rings is 1. The minimum absolute atomic E-state index is 0.00731. The molecular formula is C14H20BrN5. The molecular weight excluding hydrogens is 318 g/mol. The number of rotatable bonds is 5. The van der Waals surface area contributed by atoms with Gasteiger partial charge in [0.15, 0.2) is 0 Å². The van der Waals surface area contributed by atoms with Crippen molar-refractivity contribution in [3.8, 4) is 0 Å². The molecule has 0 bridgehead atoms. The van der Waals surface area contributed by atoms with Crippen LogP contribution >= 0.6 is 15.9 Å². The van der Waals surface area contributed by atoms with Gasteiger partial charge in [-0.3, -0.25) is 11.3 Å². The van der Waals surface area contributed by atoms with Crippen molar-refractivity contribution in [3.05, 3.63) is 46.0 Å². The monoisotopic (exact) mass is 337 g/mol. The van der Waals surface area contributed by atoms with E-state index < -0.39 is 0 Å². The van der Waals surface area contributed by atoms with Crippen molar-refractivity contribution in [3.63, 3.8) is 0 Å². The van der Waals surface area contributed by atoms with Gasteiger partial charge in [0.25, 0.3) is 0 Å². The Morgan fingerprint density at radius 1 is 1.35 bits per heavy atom. The lowest BCUT2D eigenvalue weighted by atomic mass is 10.0. The first kappa shape index (κ1) is 15.2. The Morgan fingerprint density at radius 2 is 2.10 bits per heavy atom. The number of halogens is 1. The van der Waals surface area contributed by atoms with Gasteiger partial charge in [-0.05, 0) is 44.0 Å². The second-order valence-corrected chi connectivity index (χ2v) is 6.12. The minimum Gasteiger partial charge on any atom is -0.271 e. The summed E-state index contributed by atoms with van der Waals surface area (Å²) >= 11 is 3.52. The molecule has 0 spiro atoms. The Balaban J connectivity index is 2.26. The molecule has 0 saturated heterocycles. The van der Waals surface area contributed by atoms with E-state index in [1.807, 2.05) is 4.68 Å². The second-order valence-electron chi connectivity index (χ2n) is 5.20. The van der Waals surface area contributed by atoms with E-state index in [0.717, 1.165) is 15.9 Å². The van der Waals surface area contributed by atoms with E-state index in [0.29, 0.717) is 6.42 Å². The molecule has 5 nitrogen and oxygen atoms in total. The predicted molar refractivity (Wildman–Crippen MR) is 83.1 cm³/mol. The number of nitrogens with one attached hydrogen (secondary N) is 1. The van der Waals surface area contributed by atoms with Crippen LogP contribution in [-0.2, 0) is 6.42 Å².